The van der Waals surface area contributed by atoms with Crippen LogP contribution < -0.4 is 9.64 Å². The summed E-state index contributed by atoms with van der Waals surface area (Å²) in [6.07, 6.45) is 2.74. The number of carbonyl (C=O) groups excluding carboxylic acids is 2. The summed E-state index contributed by atoms with van der Waals surface area (Å²) in [4.78, 5) is 38.4. The van der Waals surface area contributed by atoms with Crippen LogP contribution in [0.5, 0.6) is 5.75 Å². The molecule has 0 spiro atoms. The molecule has 1 aliphatic rings. The smallest absolute Gasteiger partial charge is 0.257 e. The number of rotatable bonds is 6. The van der Waals surface area contributed by atoms with Gasteiger partial charge in [0.15, 0.2) is 0 Å². The monoisotopic (exact) mass is 448 g/mol. The molecule has 2 aromatic heterocycles. The fourth-order valence-corrected chi connectivity index (χ4v) is 4.12. The third kappa shape index (κ3) is 4.57. The molecule has 3 heterocycles. The van der Waals surface area contributed by atoms with Crippen molar-refractivity contribution < 1.29 is 14.3 Å². The molecule has 9 nitrogen and oxygen atoms in total. The summed E-state index contributed by atoms with van der Waals surface area (Å²) >= 11 is 0. The van der Waals surface area contributed by atoms with Crippen molar-refractivity contribution >= 4 is 17.6 Å². The van der Waals surface area contributed by atoms with Crippen molar-refractivity contribution in [3.8, 4) is 5.75 Å². The first-order valence-corrected chi connectivity index (χ1v) is 10.8. The van der Waals surface area contributed by atoms with Crippen molar-refractivity contribution in [2.45, 2.75) is 39.8 Å². The van der Waals surface area contributed by atoms with Gasteiger partial charge in [-0.25, -0.2) is 9.97 Å². The van der Waals surface area contributed by atoms with E-state index in [-0.39, 0.29) is 18.4 Å². The molecule has 9 heteroatoms. The maximum Gasteiger partial charge on any atom is 0.257 e. The lowest BCUT2D eigenvalue weighted by atomic mass is 10.0. The van der Waals surface area contributed by atoms with Crippen LogP contribution in [0, 0.1) is 13.8 Å². The third-order valence-electron chi connectivity index (χ3n) is 5.83. The molecular weight excluding hydrogens is 420 g/mol. The largest absolute Gasteiger partial charge is 0.497 e. The molecule has 172 valence electrons. The zero-order chi connectivity index (χ0) is 23.7. The molecule has 3 aromatic rings. The van der Waals surface area contributed by atoms with E-state index in [4.69, 9.17) is 9.72 Å². The van der Waals surface area contributed by atoms with E-state index in [0.29, 0.717) is 42.3 Å². The van der Waals surface area contributed by atoms with Crippen molar-refractivity contribution in [1.29, 1.82) is 0 Å². The van der Waals surface area contributed by atoms with Crippen LogP contribution in [0.25, 0.3) is 0 Å². The van der Waals surface area contributed by atoms with Crippen molar-refractivity contribution in [3.63, 3.8) is 0 Å². The lowest BCUT2D eigenvalue weighted by molar-refractivity contribution is -0.119. The van der Waals surface area contributed by atoms with Gasteiger partial charge in [-0.15, -0.1) is 0 Å². The fourth-order valence-electron chi connectivity index (χ4n) is 4.12. The first-order chi connectivity index (χ1) is 15.8. The summed E-state index contributed by atoms with van der Waals surface area (Å²) in [5, 5.41) is 4.25. The molecule has 0 N–H and O–H groups in total. The minimum atomic E-state index is -0.149. The summed E-state index contributed by atoms with van der Waals surface area (Å²) in [6, 6.07) is 7.65. The maximum atomic E-state index is 12.9. The Kier molecular flexibility index (Phi) is 6.13. The molecule has 0 atom stereocenters. The van der Waals surface area contributed by atoms with Gasteiger partial charge in [0, 0.05) is 38.0 Å². The number of methoxy groups -OCH3 is 1. The van der Waals surface area contributed by atoms with Gasteiger partial charge < -0.3 is 9.64 Å². The number of nitrogens with zero attached hydrogens (tertiary/aromatic N) is 6. The number of carbonyl (C=O) groups is 2. The van der Waals surface area contributed by atoms with Gasteiger partial charge in [-0.2, -0.15) is 5.10 Å². The predicted octanol–water partition coefficient (Wildman–Crippen LogP) is 2.59. The van der Waals surface area contributed by atoms with Gasteiger partial charge in [0.2, 0.25) is 5.91 Å². The SMILES string of the molecule is COc1cccc(CN2C(=O)CCc3c(C)nc(CN(C)C(=O)c4cn(C)nc4C)nc32)c1. The number of aryl methyl sites for hydroxylation is 3. The van der Waals surface area contributed by atoms with Gasteiger partial charge in [0.05, 0.1) is 31.5 Å². The van der Waals surface area contributed by atoms with Gasteiger partial charge in [-0.3, -0.25) is 19.2 Å². The van der Waals surface area contributed by atoms with Gasteiger partial charge in [0.25, 0.3) is 5.91 Å². The highest BCUT2D eigenvalue weighted by atomic mass is 16.5. The molecule has 33 heavy (non-hydrogen) atoms. The number of anilines is 1. The first-order valence-electron chi connectivity index (χ1n) is 10.8. The molecule has 0 saturated heterocycles. The predicted molar refractivity (Wildman–Crippen MR) is 123 cm³/mol. The minimum Gasteiger partial charge on any atom is -0.497 e. The van der Waals surface area contributed by atoms with Crippen molar-refractivity contribution in [1.82, 2.24) is 24.6 Å². The van der Waals surface area contributed by atoms with Crippen LogP contribution in [0.15, 0.2) is 30.5 Å². The first kappa shape index (κ1) is 22.4. The summed E-state index contributed by atoms with van der Waals surface area (Å²) in [5.41, 5.74) is 3.97. The Labute approximate surface area is 193 Å². The summed E-state index contributed by atoms with van der Waals surface area (Å²) in [7, 11) is 5.12. The topological polar surface area (TPSA) is 93.5 Å². The zero-order valence-electron chi connectivity index (χ0n) is 19.6. The lowest BCUT2D eigenvalue weighted by Crippen LogP contribution is -2.37. The normalized spacial score (nSPS) is 13.1. The molecule has 0 radical (unpaired) electrons. The average molecular weight is 449 g/mol. The van der Waals surface area contributed by atoms with Crippen LogP contribution in [0.2, 0.25) is 0 Å². The number of hydrogen-bond acceptors (Lipinski definition) is 6. The van der Waals surface area contributed by atoms with Gasteiger partial charge in [-0.1, -0.05) is 12.1 Å². The highest BCUT2D eigenvalue weighted by molar-refractivity contribution is 5.96. The Morgan fingerprint density at radius 1 is 1.18 bits per heavy atom. The molecular formula is C24H28N6O3. The Bertz CT molecular complexity index is 1220. The Hall–Kier alpha value is -3.75. The number of aromatic nitrogens is 4. The van der Waals surface area contributed by atoms with E-state index in [1.165, 1.54) is 0 Å². The molecule has 1 aromatic carbocycles. The number of ether oxygens (including phenoxy) is 1. The van der Waals surface area contributed by atoms with E-state index in [9.17, 15) is 9.59 Å². The molecule has 0 saturated carbocycles. The molecule has 0 bridgehead atoms. The molecule has 1 aliphatic heterocycles. The molecule has 0 unspecified atom stereocenters. The van der Waals surface area contributed by atoms with E-state index in [0.717, 1.165) is 22.6 Å². The van der Waals surface area contributed by atoms with E-state index < -0.39 is 0 Å². The summed E-state index contributed by atoms with van der Waals surface area (Å²) in [5.74, 6) is 1.72. The standard InChI is InChI=1S/C24H28N6O3/c1-15-19-9-10-22(31)30(12-17-7-6-8-18(11-17)33-5)23(19)26-21(25-15)14-28(3)24(32)20-13-29(4)27-16(20)2/h6-8,11,13H,9-10,12,14H2,1-5H3. The van der Waals surface area contributed by atoms with E-state index in [1.807, 2.05) is 38.1 Å². The summed E-state index contributed by atoms with van der Waals surface area (Å²) < 4.78 is 6.94. The van der Waals surface area contributed by atoms with Crippen LogP contribution >= 0.6 is 0 Å². The van der Waals surface area contributed by atoms with Gasteiger partial charge in [-0.05, 0) is 38.0 Å². The Balaban J connectivity index is 1.62. The summed E-state index contributed by atoms with van der Waals surface area (Å²) in [6.45, 7) is 4.35. The van der Waals surface area contributed by atoms with Crippen LogP contribution in [0.3, 0.4) is 0 Å². The van der Waals surface area contributed by atoms with E-state index >= 15 is 0 Å². The van der Waals surface area contributed by atoms with Crippen molar-refractivity contribution in [2.24, 2.45) is 7.05 Å². The van der Waals surface area contributed by atoms with Crippen LogP contribution in [-0.2, 0) is 31.4 Å². The van der Waals surface area contributed by atoms with E-state index in [2.05, 4.69) is 10.1 Å². The zero-order valence-corrected chi connectivity index (χ0v) is 19.6. The molecule has 2 amide bonds. The molecule has 4 rings (SSSR count). The van der Waals surface area contributed by atoms with Gasteiger partial charge >= 0.3 is 0 Å². The van der Waals surface area contributed by atoms with E-state index in [1.54, 1.807) is 41.9 Å². The minimum absolute atomic E-state index is 0.0183. The van der Waals surface area contributed by atoms with Crippen LogP contribution in [-0.4, -0.2) is 50.6 Å². The average Bonchev–Trinajstić information content (AvgIpc) is 3.13. The fraction of sp³-hybridized carbons (Fsp3) is 0.375. The molecule has 0 fully saturated rings. The third-order valence-corrected chi connectivity index (χ3v) is 5.83. The highest BCUT2D eigenvalue weighted by Crippen LogP contribution is 2.30. The quantitative estimate of drug-likeness (QED) is 0.575. The number of amides is 2. The number of benzene rings is 1. The second-order valence-corrected chi connectivity index (χ2v) is 8.32. The maximum absolute atomic E-state index is 12.9. The van der Waals surface area contributed by atoms with Crippen LogP contribution in [0.4, 0.5) is 5.82 Å². The second-order valence-electron chi connectivity index (χ2n) is 8.32. The van der Waals surface area contributed by atoms with Gasteiger partial charge in [0.1, 0.15) is 17.4 Å². The van der Waals surface area contributed by atoms with Crippen molar-refractivity contribution in [2.75, 3.05) is 19.1 Å². The number of hydrogen-bond donors (Lipinski definition) is 0. The Morgan fingerprint density at radius 3 is 2.67 bits per heavy atom. The Morgan fingerprint density at radius 2 is 1.97 bits per heavy atom. The van der Waals surface area contributed by atoms with Crippen molar-refractivity contribution in [3.05, 3.63) is 64.4 Å². The van der Waals surface area contributed by atoms with Crippen LogP contribution in [0.1, 0.15) is 45.1 Å². The lowest BCUT2D eigenvalue weighted by Gasteiger charge is -2.30. The number of fused-ring (bicyclic) bond motifs is 1. The second kappa shape index (κ2) is 9.01. The molecule has 0 aliphatic carbocycles. The highest BCUT2D eigenvalue weighted by Gasteiger charge is 2.29.